The Balaban J connectivity index is 1.98. The van der Waals surface area contributed by atoms with Crippen molar-refractivity contribution in [2.75, 3.05) is 24.2 Å². The molecule has 1 aromatic rings. The molecule has 1 fully saturated rings. The number of rotatable bonds is 2. The summed E-state index contributed by atoms with van der Waals surface area (Å²) in [4.78, 5) is 11.9. The molecule has 1 unspecified atom stereocenters. The third-order valence-corrected chi connectivity index (χ3v) is 5.10. The Bertz CT molecular complexity index is 572. The van der Waals surface area contributed by atoms with Gasteiger partial charge < -0.3 is 4.90 Å². The highest BCUT2D eigenvalue weighted by molar-refractivity contribution is 7.98. The van der Waals surface area contributed by atoms with Crippen molar-refractivity contribution in [3.05, 3.63) is 11.3 Å². The van der Waals surface area contributed by atoms with Gasteiger partial charge in [0.25, 0.3) is 6.71 Å². The fourth-order valence-electron chi connectivity index (χ4n) is 3.42. The summed E-state index contributed by atoms with van der Waals surface area (Å²) in [6, 6.07) is 0. The predicted molar refractivity (Wildman–Crippen MR) is 88.0 cm³/mol. The number of aromatic nitrogens is 2. The van der Waals surface area contributed by atoms with Crippen LogP contribution in [0.2, 0.25) is 6.32 Å². The largest absolute Gasteiger partial charge is 0.356 e. The number of thioether (sulfide) groups is 1. The van der Waals surface area contributed by atoms with Crippen molar-refractivity contribution in [1.29, 1.82) is 5.26 Å². The lowest BCUT2D eigenvalue weighted by molar-refractivity contribution is 0.442. The molecule has 0 spiro atoms. The molecular weight excluding hydrogens is 279 g/mol. The van der Waals surface area contributed by atoms with Gasteiger partial charge in [-0.2, -0.15) is 0 Å². The van der Waals surface area contributed by atoms with E-state index in [9.17, 15) is 5.26 Å². The summed E-state index contributed by atoms with van der Waals surface area (Å²) in [6.07, 6.45) is 7.27. The first kappa shape index (κ1) is 14.7. The van der Waals surface area contributed by atoms with E-state index in [0.717, 1.165) is 54.7 Å². The quantitative estimate of drug-likeness (QED) is 0.477. The summed E-state index contributed by atoms with van der Waals surface area (Å²) in [6.45, 7) is 4.64. The van der Waals surface area contributed by atoms with E-state index in [2.05, 4.69) is 22.8 Å². The van der Waals surface area contributed by atoms with Crippen LogP contribution in [-0.2, 0) is 12.7 Å². The average molecular weight is 300 g/mol. The van der Waals surface area contributed by atoms with Crippen LogP contribution in [0.3, 0.4) is 0 Å². The molecule has 6 heteroatoms. The van der Waals surface area contributed by atoms with Crippen LogP contribution in [0.15, 0.2) is 5.16 Å². The predicted octanol–water partition coefficient (Wildman–Crippen LogP) is 2.63. The van der Waals surface area contributed by atoms with E-state index >= 15 is 0 Å². The van der Waals surface area contributed by atoms with Gasteiger partial charge in [0.2, 0.25) is 0 Å². The molecule has 2 aliphatic rings. The zero-order chi connectivity index (χ0) is 14.8. The van der Waals surface area contributed by atoms with Crippen molar-refractivity contribution in [3.63, 3.8) is 0 Å². The molecule has 0 aliphatic carbocycles. The topological polar surface area (TPSA) is 52.8 Å². The summed E-state index contributed by atoms with van der Waals surface area (Å²) < 4.78 is 0. The Kier molecular flexibility index (Phi) is 4.39. The van der Waals surface area contributed by atoms with Crippen molar-refractivity contribution in [3.8, 4) is 5.97 Å². The highest BCUT2D eigenvalue weighted by Gasteiger charge is 2.29. The molecule has 3 rings (SSSR count). The van der Waals surface area contributed by atoms with Crippen LogP contribution in [-0.4, -0.2) is 36.0 Å². The second-order valence-electron chi connectivity index (χ2n) is 6.22. The minimum absolute atomic E-state index is 0.121. The third-order valence-electron chi connectivity index (χ3n) is 4.55. The molecule has 2 aliphatic heterocycles. The monoisotopic (exact) mass is 300 g/mol. The number of hydrogen-bond donors (Lipinski definition) is 0. The number of fused-ring (bicyclic) bond motifs is 1. The Hall–Kier alpha value is -1.22. The fraction of sp³-hybridized carbons (Fsp3) is 0.667. The zero-order valence-electron chi connectivity index (χ0n) is 12.8. The van der Waals surface area contributed by atoms with E-state index in [4.69, 9.17) is 4.98 Å². The SMILES string of the molecule is CSc1nc2c(c(N3CCCC(C)C3)n1)CCB(C#N)C2. The Morgan fingerprint density at radius 3 is 3.00 bits per heavy atom. The molecule has 0 bridgehead atoms. The van der Waals surface area contributed by atoms with Gasteiger partial charge in [0.05, 0.1) is 0 Å². The molecule has 1 atom stereocenters. The molecule has 0 saturated carbocycles. The van der Waals surface area contributed by atoms with Crippen LogP contribution < -0.4 is 4.90 Å². The number of nitriles is 1. The molecule has 0 radical (unpaired) electrons. The molecule has 110 valence electrons. The number of hydrogen-bond acceptors (Lipinski definition) is 5. The van der Waals surface area contributed by atoms with Gasteiger partial charge in [-0.3, -0.25) is 0 Å². The molecule has 21 heavy (non-hydrogen) atoms. The minimum atomic E-state index is 0.121. The maximum absolute atomic E-state index is 9.19. The minimum Gasteiger partial charge on any atom is -0.356 e. The van der Waals surface area contributed by atoms with Gasteiger partial charge in [0, 0.05) is 30.3 Å². The Morgan fingerprint density at radius 1 is 1.43 bits per heavy atom. The molecule has 0 amide bonds. The van der Waals surface area contributed by atoms with Gasteiger partial charge >= 0.3 is 0 Å². The lowest BCUT2D eigenvalue weighted by atomic mass is 9.43. The van der Waals surface area contributed by atoms with Gasteiger partial charge in [0.15, 0.2) is 5.16 Å². The summed E-state index contributed by atoms with van der Waals surface area (Å²) in [5.41, 5.74) is 2.41. The van der Waals surface area contributed by atoms with Crippen LogP contribution in [0.25, 0.3) is 0 Å². The van der Waals surface area contributed by atoms with Gasteiger partial charge in [-0.1, -0.05) is 25.0 Å². The average Bonchev–Trinajstić information content (AvgIpc) is 2.53. The van der Waals surface area contributed by atoms with Crippen molar-refractivity contribution in [1.82, 2.24) is 9.97 Å². The molecule has 1 aromatic heterocycles. The van der Waals surface area contributed by atoms with E-state index in [-0.39, 0.29) is 6.71 Å². The number of anilines is 1. The van der Waals surface area contributed by atoms with Gasteiger partial charge in [0.1, 0.15) is 5.82 Å². The first-order chi connectivity index (χ1) is 10.2. The van der Waals surface area contributed by atoms with E-state index < -0.39 is 0 Å². The van der Waals surface area contributed by atoms with E-state index in [1.54, 1.807) is 11.8 Å². The van der Waals surface area contributed by atoms with Crippen LogP contribution in [0, 0.1) is 17.1 Å². The van der Waals surface area contributed by atoms with Crippen molar-refractivity contribution in [2.45, 2.75) is 44.0 Å². The first-order valence-corrected chi connectivity index (χ1v) is 9.02. The molecule has 1 saturated heterocycles. The maximum Gasteiger partial charge on any atom is 0.274 e. The highest BCUT2D eigenvalue weighted by atomic mass is 32.2. The van der Waals surface area contributed by atoms with Crippen LogP contribution in [0.4, 0.5) is 5.82 Å². The van der Waals surface area contributed by atoms with E-state index in [0.29, 0.717) is 0 Å². The number of piperidine rings is 1. The molecule has 0 N–H and O–H groups in total. The molecule has 0 aromatic carbocycles. The maximum atomic E-state index is 9.19. The lowest BCUT2D eigenvalue weighted by Gasteiger charge is -2.34. The molecule has 3 heterocycles. The normalized spacial score (nSPS) is 21.9. The standard InChI is InChI=1S/C15H21BN4S/c1-11-4-3-7-20(9-11)14-12-5-6-16(10-17)8-13(12)18-15(19-14)21-2/h11H,3-9H2,1-2H3. The van der Waals surface area contributed by atoms with Gasteiger partial charge in [-0.25, -0.2) is 15.2 Å². The van der Waals surface area contributed by atoms with Crippen LogP contribution >= 0.6 is 11.8 Å². The van der Waals surface area contributed by atoms with Crippen molar-refractivity contribution < 1.29 is 0 Å². The van der Waals surface area contributed by atoms with Gasteiger partial charge in [-0.15, -0.1) is 0 Å². The smallest absolute Gasteiger partial charge is 0.274 e. The summed E-state index contributed by atoms with van der Waals surface area (Å²) >= 11 is 1.60. The van der Waals surface area contributed by atoms with Crippen molar-refractivity contribution in [2.24, 2.45) is 5.92 Å². The van der Waals surface area contributed by atoms with Gasteiger partial charge in [-0.05, 0) is 37.8 Å². The summed E-state index contributed by atoms with van der Waals surface area (Å²) in [7, 11) is 0. The third kappa shape index (κ3) is 3.03. The zero-order valence-corrected chi connectivity index (χ0v) is 13.6. The van der Waals surface area contributed by atoms with Crippen LogP contribution in [0.5, 0.6) is 0 Å². The van der Waals surface area contributed by atoms with E-state index in [1.165, 1.54) is 18.4 Å². The van der Waals surface area contributed by atoms with Crippen molar-refractivity contribution >= 4 is 24.3 Å². The lowest BCUT2D eigenvalue weighted by Crippen LogP contribution is -2.37. The first-order valence-electron chi connectivity index (χ1n) is 7.79. The molecule has 4 nitrogen and oxygen atoms in total. The summed E-state index contributed by atoms with van der Waals surface area (Å²) in [5.74, 6) is 4.29. The van der Waals surface area contributed by atoms with Crippen LogP contribution in [0.1, 0.15) is 31.0 Å². The Labute approximate surface area is 131 Å². The second kappa shape index (κ2) is 6.27. The number of nitrogens with zero attached hydrogens (tertiary/aromatic N) is 4. The molecular formula is C15H21BN4S. The van der Waals surface area contributed by atoms with E-state index in [1.807, 2.05) is 6.26 Å². The highest BCUT2D eigenvalue weighted by Crippen LogP contribution is 2.32. The second-order valence-corrected chi connectivity index (χ2v) is 6.99. The summed E-state index contributed by atoms with van der Waals surface area (Å²) in [5, 5.41) is 10.0. The fourth-order valence-corrected chi connectivity index (χ4v) is 3.80. The Morgan fingerprint density at radius 2 is 2.29 bits per heavy atom.